The molecule has 2 aliphatic rings. The van der Waals surface area contributed by atoms with Crippen LogP contribution in [0.4, 0.5) is 13.2 Å². The lowest BCUT2D eigenvalue weighted by Crippen LogP contribution is -2.47. The third-order valence-corrected chi connectivity index (χ3v) is 4.06. The van der Waals surface area contributed by atoms with Crippen molar-refractivity contribution in [3.05, 3.63) is 0 Å². The number of hydrogen-bond acceptors (Lipinski definition) is 3. The van der Waals surface area contributed by atoms with Crippen molar-refractivity contribution in [1.82, 2.24) is 10.2 Å². The van der Waals surface area contributed by atoms with Gasteiger partial charge in [0.2, 0.25) is 5.91 Å². The summed E-state index contributed by atoms with van der Waals surface area (Å²) in [6.07, 6.45) is -0.779. The predicted octanol–water partition coefficient (Wildman–Crippen LogP) is 1.26. The Labute approximate surface area is 116 Å². The van der Waals surface area contributed by atoms with Crippen molar-refractivity contribution < 1.29 is 18.0 Å². The standard InChI is InChI=1S/C13H22F3N3O/c14-13(15,16)9-2-1-6-19(8-9)7-5-11(12(17)20)18-10-3-4-10/h9-11,18H,1-8H2,(H2,17,20). The number of likely N-dealkylation sites (tertiary alicyclic amines) is 1. The Morgan fingerprint density at radius 1 is 1.35 bits per heavy atom. The van der Waals surface area contributed by atoms with Crippen molar-refractivity contribution in [1.29, 1.82) is 0 Å². The van der Waals surface area contributed by atoms with Crippen LogP contribution in [0.1, 0.15) is 32.1 Å². The smallest absolute Gasteiger partial charge is 0.368 e. The molecule has 1 amide bonds. The summed E-state index contributed by atoms with van der Waals surface area (Å²) in [5, 5.41) is 3.15. The molecule has 116 valence electrons. The SMILES string of the molecule is NC(=O)C(CCN1CCCC(C(F)(F)F)C1)NC1CC1. The van der Waals surface area contributed by atoms with Gasteiger partial charge >= 0.3 is 6.18 Å². The number of nitrogens with zero attached hydrogens (tertiary/aromatic N) is 1. The lowest BCUT2D eigenvalue weighted by atomic mass is 9.97. The summed E-state index contributed by atoms with van der Waals surface area (Å²) in [5.41, 5.74) is 5.32. The van der Waals surface area contributed by atoms with Crippen LogP contribution in [0.2, 0.25) is 0 Å². The summed E-state index contributed by atoms with van der Waals surface area (Å²) in [6.45, 7) is 1.19. The van der Waals surface area contributed by atoms with Crippen LogP contribution in [0.3, 0.4) is 0 Å². The third-order valence-electron chi connectivity index (χ3n) is 4.06. The lowest BCUT2D eigenvalue weighted by molar-refractivity contribution is -0.186. The minimum atomic E-state index is -4.12. The van der Waals surface area contributed by atoms with Gasteiger partial charge in [0.15, 0.2) is 0 Å². The normalized spacial score (nSPS) is 26.4. The number of halogens is 3. The van der Waals surface area contributed by atoms with Gasteiger partial charge in [-0.1, -0.05) is 0 Å². The van der Waals surface area contributed by atoms with E-state index < -0.39 is 24.0 Å². The van der Waals surface area contributed by atoms with Gasteiger partial charge in [0, 0.05) is 19.1 Å². The van der Waals surface area contributed by atoms with Crippen LogP contribution in [0.15, 0.2) is 0 Å². The number of hydrogen-bond donors (Lipinski definition) is 2. The van der Waals surface area contributed by atoms with Crippen LogP contribution < -0.4 is 11.1 Å². The highest BCUT2D eigenvalue weighted by atomic mass is 19.4. The fraction of sp³-hybridized carbons (Fsp3) is 0.923. The first-order valence-electron chi connectivity index (χ1n) is 7.20. The van der Waals surface area contributed by atoms with E-state index in [0.29, 0.717) is 32.0 Å². The quantitative estimate of drug-likeness (QED) is 0.775. The lowest BCUT2D eigenvalue weighted by Gasteiger charge is -2.34. The minimum absolute atomic E-state index is 0.0401. The summed E-state index contributed by atoms with van der Waals surface area (Å²) in [4.78, 5) is 13.1. The van der Waals surface area contributed by atoms with Gasteiger partial charge < -0.3 is 16.0 Å². The molecule has 2 rings (SSSR count). The molecule has 2 atom stereocenters. The number of piperidine rings is 1. The van der Waals surface area contributed by atoms with Crippen molar-refractivity contribution in [2.24, 2.45) is 11.7 Å². The summed E-state index contributed by atoms with van der Waals surface area (Å²) in [7, 11) is 0. The second-order valence-electron chi connectivity index (χ2n) is 5.87. The number of amides is 1. The van der Waals surface area contributed by atoms with E-state index in [4.69, 9.17) is 5.73 Å². The van der Waals surface area contributed by atoms with E-state index in [-0.39, 0.29) is 13.0 Å². The van der Waals surface area contributed by atoms with Crippen molar-refractivity contribution in [3.63, 3.8) is 0 Å². The molecule has 3 N–H and O–H groups in total. The summed E-state index contributed by atoms with van der Waals surface area (Å²) in [5.74, 6) is -1.65. The van der Waals surface area contributed by atoms with Gasteiger partial charge in [0.25, 0.3) is 0 Å². The summed E-state index contributed by atoms with van der Waals surface area (Å²) >= 11 is 0. The molecule has 1 aliphatic carbocycles. The molecule has 0 bridgehead atoms. The van der Waals surface area contributed by atoms with E-state index >= 15 is 0 Å². The Morgan fingerprint density at radius 3 is 2.60 bits per heavy atom. The van der Waals surface area contributed by atoms with Gasteiger partial charge in [-0.25, -0.2) is 0 Å². The van der Waals surface area contributed by atoms with Crippen molar-refractivity contribution >= 4 is 5.91 Å². The molecule has 0 radical (unpaired) electrons. The second-order valence-corrected chi connectivity index (χ2v) is 5.87. The van der Waals surface area contributed by atoms with Gasteiger partial charge in [-0.3, -0.25) is 4.79 Å². The Morgan fingerprint density at radius 2 is 2.05 bits per heavy atom. The zero-order valence-electron chi connectivity index (χ0n) is 11.5. The number of carbonyl (C=O) groups is 1. The number of alkyl halides is 3. The first kappa shape index (κ1) is 15.6. The van der Waals surface area contributed by atoms with E-state index in [1.54, 1.807) is 4.90 Å². The third kappa shape index (κ3) is 4.63. The van der Waals surface area contributed by atoms with E-state index in [0.717, 1.165) is 12.8 Å². The zero-order chi connectivity index (χ0) is 14.8. The summed E-state index contributed by atoms with van der Waals surface area (Å²) in [6, 6.07) is -0.0643. The topological polar surface area (TPSA) is 58.4 Å². The van der Waals surface area contributed by atoms with Gasteiger partial charge in [-0.2, -0.15) is 13.2 Å². The molecular weight excluding hydrogens is 271 g/mol. The van der Waals surface area contributed by atoms with E-state index in [9.17, 15) is 18.0 Å². The van der Waals surface area contributed by atoms with E-state index in [1.165, 1.54) is 0 Å². The highest BCUT2D eigenvalue weighted by Gasteiger charge is 2.41. The molecule has 2 unspecified atom stereocenters. The van der Waals surface area contributed by atoms with E-state index in [2.05, 4.69) is 5.32 Å². The Kier molecular flexibility index (Phi) is 4.90. The molecule has 1 saturated carbocycles. The first-order chi connectivity index (χ1) is 9.36. The second kappa shape index (κ2) is 6.30. The minimum Gasteiger partial charge on any atom is -0.368 e. The van der Waals surface area contributed by atoms with Crippen LogP contribution in [0.5, 0.6) is 0 Å². The highest BCUT2D eigenvalue weighted by Crippen LogP contribution is 2.33. The average molecular weight is 293 g/mol. The molecule has 4 nitrogen and oxygen atoms in total. The van der Waals surface area contributed by atoms with Gasteiger partial charge in [-0.05, 0) is 38.6 Å². The van der Waals surface area contributed by atoms with Gasteiger partial charge in [0.1, 0.15) is 0 Å². The molecule has 1 aliphatic heterocycles. The van der Waals surface area contributed by atoms with Crippen molar-refractivity contribution in [2.45, 2.75) is 50.4 Å². The average Bonchev–Trinajstić information content (AvgIpc) is 3.17. The van der Waals surface area contributed by atoms with Gasteiger partial charge in [0.05, 0.1) is 12.0 Å². The number of primary amides is 1. The first-order valence-corrected chi connectivity index (χ1v) is 7.20. The molecule has 1 saturated heterocycles. The molecule has 7 heteroatoms. The van der Waals surface area contributed by atoms with Crippen LogP contribution in [-0.4, -0.2) is 48.7 Å². The number of nitrogens with two attached hydrogens (primary N) is 1. The molecule has 0 aromatic heterocycles. The van der Waals surface area contributed by atoms with Crippen molar-refractivity contribution in [3.8, 4) is 0 Å². The molecule has 1 heterocycles. The number of rotatable bonds is 6. The fourth-order valence-corrected chi connectivity index (χ4v) is 2.68. The zero-order valence-corrected chi connectivity index (χ0v) is 11.5. The predicted molar refractivity (Wildman–Crippen MR) is 69.0 cm³/mol. The van der Waals surface area contributed by atoms with Crippen LogP contribution >= 0.6 is 0 Å². The maximum atomic E-state index is 12.7. The fourth-order valence-electron chi connectivity index (χ4n) is 2.68. The maximum absolute atomic E-state index is 12.7. The Bertz CT molecular complexity index is 344. The summed E-state index contributed by atoms with van der Waals surface area (Å²) < 4.78 is 38.1. The number of carbonyl (C=O) groups excluding carboxylic acids is 1. The van der Waals surface area contributed by atoms with Gasteiger partial charge in [-0.15, -0.1) is 0 Å². The van der Waals surface area contributed by atoms with Crippen molar-refractivity contribution in [2.75, 3.05) is 19.6 Å². The highest BCUT2D eigenvalue weighted by molar-refractivity contribution is 5.79. The van der Waals surface area contributed by atoms with Crippen LogP contribution in [-0.2, 0) is 4.79 Å². The molecule has 0 aromatic rings. The monoisotopic (exact) mass is 293 g/mol. The maximum Gasteiger partial charge on any atom is 0.393 e. The van der Waals surface area contributed by atoms with Crippen LogP contribution in [0, 0.1) is 5.92 Å². The molecule has 0 spiro atoms. The molecular formula is C13H22F3N3O. The van der Waals surface area contributed by atoms with E-state index in [1.807, 2.05) is 0 Å². The number of nitrogens with one attached hydrogen (secondary N) is 1. The Balaban J connectivity index is 1.78. The molecule has 20 heavy (non-hydrogen) atoms. The molecule has 0 aromatic carbocycles. The Hall–Kier alpha value is -0.820. The molecule has 2 fully saturated rings. The van der Waals surface area contributed by atoms with Crippen LogP contribution in [0.25, 0.3) is 0 Å². The largest absolute Gasteiger partial charge is 0.393 e.